The van der Waals surface area contributed by atoms with Gasteiger partial charge in [0.05, 0.1) is 25.4 Å². The van der Waals surface area contributed by atoms with E-state index >= 15 is 0 Å². The maximum absolute atomic E-state index is 12.5. The molecule has 0 amide bonds. The van der Waals surface area contributed by atoms with E-state index in [0.29, 0.717) is 6.54 Å². The van der Waals surface area contributed by atoms with Crippen LogP contribution in [0.1, 0.15) is 11.6 Å². The van der Waals surface area contributed by atoms with E-state index in [1.807, 2.05) is 43.3 Å². The van der Waals surface area contributed by atoms with E-state index in [1.165, 1.54) is 18.2 Å². The molecule has 3 N–H and O–H groups in total. The number of likely N-dealkylation sites (N-methyl/N-ethyl adjacent to an activating group) is 1. The van der Waals surface area contributed by atoms with Crippen molar-refractivity contribution in [3.05, 3.63) is 54.1 Å². The van der Waals surface area contributed by atoms with Crippen LogP contribution in [0.4, 0.5) is 18.9 Å². The molecule has 0 aliphatic rings. The molecule has 0 saturated carbocycles. The maximum Gasteiger partial charge on any atom is 0.573 e. The second kappa shape index (κ2) is 11.1. The number of anilines is 1. The summed E-state index contributed by atoms with van der Waals surface area (Å²) in [4.78, 5) is 6.24. The predicted molar refractivity (Wildman–Crippen MR) is 118 cm³/mol. The lowest BCUT2D eigenvalue weighted by Crippen LogP contribution is -2.28. The number of benzene rings is 2. The summed E-state index contributed by atoms with van der Waals surface area (Å²) in [5, 5.41) is 2.66. The van der Waals surface area contributed by atoms with Crippen LogP contribution in [0.2, 0.25) is 0 Å². The van der Waals surface area contributed by atoms with Crippen molar-refractivity contribution in [2.75, 3.05) is 33.1 Å². The van der Waals surface area contributed by atoms with Crippen LogP contribution < -0.4 is 20.5 Å². The minimum absolute atomic E-state index is 0. The Labute approximate surface area is 184 Å². The quantitative estimate of drug-likeness (QED) is 0.322. The highest BCUT2D eigenvalue weighted by Crippen LogP contribution is 2.30. The van der Waals surface area contributed by atoms with Gasteiger partial charge in [0.2, 0.25) is 0 Å². The van der Waals surface area contributed by atoms with Crippen LogP contribution in [-0.4, -0.2) is 45.0 Å². The Morgan fingerprint density at radius 3 is 2.48 bits per heavy atom. The van der Waals surface area contributed by atoms with Gasteiger partial charge in [-0.3, -0.25) is 4.99 Å². The fourth-order valence-electron chi connectivity index (χ4n) is 2.56. The average molecular weight is 524 g/mol. The number of hydrogen-bond acceptors (Lipinski definition) is 4. The summed E-state index contributed by atoms with van der Waals surface area (Å²) in [7, 11) is 5.38. The molecular weight excluding hydrogens is 500 g/mol. The number of para-hydroxylation sites is 2. The molecule has 0 radical (unpaired) electrons. The Bertz CT molecular complexity index is 816. The lowest BCUT2D eigenvalue weighted by Gasteiger charge is -2.23. The van der Waals surface area contributed by atoms with Crippen molar-refractivity contribution in [1.82, 2.24) is 4.90 Å². The van der Waals surface area contributed by atoms with Gasteiger partial charge in [0.15, 0.2) is 11.7 Å². The maximum atomic E-state index is 12.5. The highest BCUT2D eigenvalue weighted by Gasteiger charge is 2.32. The number of ether oxygens (including phenoxy) is 2. The Balaban J connectivity index is 0.00000420. The van der Waals surface area contributed by atoms with E-state index in [-0.39, 0.29) is 47.4 Å². The summed E-state index contributed by atoms with van der Waals surface area (Å²) < 4.78 is 46.8. The molecule has 0 heterocycles. The number of nitrogens with two attached hydrogens (primary N) is 1. The first-order valence-corrected chi connectivity index (χ1v) is 8.41. The monoisotopic (exact) mass is 524 g/mol. The van der Waals surface area contributed by atoms with Gasteiger partial charge in [-0.15, -0.1) is 37.1 Å². The number of rotatable bonds is 7. The van der Waals surface area contributed by atoms with Gasteiger partial charge in [-0.1, -0.05) is 24.3 Å². The van der Waals surface area contributed by atoms with Crippen molar-refractivity contribution in [3.63, 3.8) is 0 Å². The molecule has 2 aromatic rings. The molecule has 2 rings (SSSR count). The van der Waals surface area contributed by atoms with Gasteiger partial charge < -0.3 is 25.4 Å². The number of nitrogens with one attached hydrogen (secondary N) is 1. The van der Waals surface area contributed by atoms with Gasteiger partial charge in [-0.25, -0.2) is 0 Å². The van der Waals surface area contributed by atoms with Crippen molar-refractivity contribution in [2.45, 2.75) is 12.4 Å². The van der Waals surface area contributed by atoms with Gasteiger partial charge in [-0.05, 0) is 43.9 Å². The fourth-order valence-corrected chi connectivity index (χ4v) is 2.56. The highest BCUT2D eigenvalue weighted by molar-refractivity contribution is 14.0. The van der Waals surface area contributed by atoms with Crippen molar-refractivity contribution in [3.8, 4) is 11.5 Å². The summed E-state index contributed by atoms with van der Waals surface area (Å²) in [5.74, 6) is 0.315. The summed E-state index contributed by atoms with van der Waals surface area (Å²) in [6.07, 6.45) is -4.80. The van der Waals surface area contributed by atoms with Crippen LogP contribution in [0.3, 0.4) is 0 Å². The van der Waals surface area contributed by atoms with Gasteiger partial charge in [0, 0.05) is 0 Å². The first-order valence-electron chi connectivity index (χ1n) is 8.41. The molecule has 0 aromatic heterocycles. The Morgan fingerprint density at radius 2 is 1.86 bits per heavy atom. The molecule has 0 bridgehead atoms. The van der Waals surface area contributed by atoms with Crippen molar-refractivity contribution < 1.29 is 22.6 Å². The third kappa shape index (κ3) is 7.97. The lowest BCUT2D eigenvalue weighted by atomic mass is 10.1. The van der Waals surface area contributed by atoms with Crippen LogP contribution in [0.15, 0.2) is 53.5 Å². The molecule has 2 aromatic carbocycles. The minimum atomic E-state index is -4.80. The van der Waals surface area contributed by atoms with Crippen molar-refractivity contribution >= 4 is 35.6 Å². The van der Waals surface area contributed by atoms with Gasteiger partial charge in [0.1, 0.15) is 5.75 Å². The smallest absolute Gasteiger partial charge is 0.497 e. The number of alkyl halides is 3. The molecule has 29 heavy (non-hydrogen) atoms. The Kier molecular flexibility index (Phi) is 9.50. The first kappa shape index (κ1) is 24.8. The highest BCUT2D eigenvalue weighted by atomic mass is 127. The minimum Gasteiger partial charge on any atom is -0.497 e. The number of nitrogens with zero attached hydrogens (tertiary/aromatic N) is 2. The second-order valence-corrected chi connectivity index (χ2v) is 6.15. The number of methoxy groups -OCH3 is 1. The molecule has 0 spiro atoms. The zero-order chi connectivity index (χ0) is 20.7. The van der Waals surface area contributed by atoms with Crippen LogP contribution in [-0.2, 0) is 0 Å². The van der Waals surface area contributed by atoms with Crippen LogP contribution in [0, 0.1) is 0 Å². The van der Waals surface area contributed by atoms with E-state index < -0.39 is 6.36 Å². The molecule has 0 fully saturated rings. The van der Waals surface area contributed by atoms with Crippen molar-refractivity contribution in [2.24, 2.45) is 10.7 Å². The van der Waals surface area contributed by atoms with Gasteiger partial charge in [-0.2, -0.15) is 0 Å². The summed E-state index contributed by atoms with van der Waals surface area (Å²) in [5.41, 5.74) is 6.93. The third-order valence-corrected chi connectivity index (χ3v) is 3.91. The first-order chi connectivity index (χ1) is 13.2. The van der Waals surface area contributed by atoms with E-state index in [9.17, 15) is 13.2 Å². The molecular formula is C19H24F3IN4O2. The second-order valence-electron chi connectivity index (χ2n) is 6.15. The van der Waals surface area contributed by atoms with Gasteiger partial charge >= 0.3 is 6.36 Å². The van der Waals surface area contributed by atoms with Crippen molar-refractivity contribution in [1.29, 1.82) is 0 Å². The number of guanidine groups is 1. The summed E-state index contributed by atoms with van der Waals surface area (Å²) >= 11 is 0. The van der Waals surface area contributed by atoms with Crippen LogP contribution in [0.25, 0.3) is 0 Å². The van der Waals surface area contributed by atoms with Crippen LogP contribution in [0.5, 0.6) is 11.5 Å². The molecule has 1 atom stereocenters. The molecule has 6 nitrogen and oxygen atoms in total. The van der Waals surface area contributed by atoms with E-state index in [2.05, 4.69) is 15.0 Å². The predicted octanol–water partition coefficient (Wildman–Crippen LogP) is 4.24. The fraction of sp³-hybridized carbons (Fsp3) is 0.316. The standard InChI is InChI=1S/C19H23F3N4O2.HI/c1-26(2)16(13-7-6-8-14(11-13)27-3)12-24-18(23)25-15-9-4-5-10-17(15)28-19(20,21)22;/h4-11,16H,12H2,1-3H3,(H3,23,24,25);1H. The zero-order valence-electron chi connectivity index (χ0n) is 16.2. The molecule has 160 valence electrons. The van der Waals surface area contributed by atoms with E-state index in [0.717, 1.165) is 11.3 Å². The summed E-state index contributed by atoms with van der Waals surface area (Å²) in [6.45, 7) is 0.293. The van der Waals surface area contributed by atoms with Crippen LogP contribution >= 0.6 is 24.0 Å². The molecule has 1 unspecified atom stereocenters. The zero-order valence-corrected chi connectivity index (χ0v) is 18.6. The normalized spacial score (nSPS) is 12.9. The molecule has 0 saturated heterocycles. The number of aliphatic imine (C=N–C) groups is 1. The van der Waals surface area contributed by atoms with E-state index in [4.69, 9.17) is 10.5 Å². The molecule has 0 aliphatic heterocycles. The van der Waals surface area contributed by atoms with E-state index in [1.54, 1.807) is 13.2 Å². The SMILES string of the molecule is COc1cccc(C(CN=C(N)Nc2ccccc2OC(F)(F)F)N(C)C)c1.I. The Hall–Kier alpha value is -2.21. The average Bonchev–Trinajstić information content (AvgIpc) is 2.62. The van der Waals surface area contributed by atoms with Gasteiger partial charge in [0.25, 0.3) is 0 Å². The Morgan fingerprint density at radius 1 is 1.17 bits per heavy atom. The topological polar surface area (TPSA) is 72.1 Å². The molecule has 10 heteroatoms. The lowest BCUT2D eigenvalue weighted by molar-refractivity contribution is -0.274. The molecule has 0 aliphatic carbocycles. The third-order valence-electron chi connectivity index (χ3n) is 3.91. The largest absolute Gasteiger partial charge is 0.573 e. The number of halogens is 4. The summed E-state index contributed by atoms with van der Waals surface area (Å²) in [6, 6.07) is 13.1. The number of hydrogen-bond donors (Lipinski definition) is 2.